The summed E-state index contributed by atoms with van der Waals surface area (Å²) in [5.74, 6) is 1.69. The van der Waals surface area contributed by atoms with Gasteiger partial charge in [-0.3, -0.25) is 0 Å². The van der Waals surface area contributed by atoms with Crippen molar-refractivity contribution in [3.05, 3.63) is 32.6 Å². The molecule has 0 spiro atoms. The van der Waals surface area contributed by atoms with Gasteiger partial charge < -0.3 is 10.2 Å². The van der Waals surface area contributed by atoms with Gasteiger partial charge in [0, 0.05) is 30.7 Å². The van der Waals surface area contributed by atoms with Gasteiger partial charge in [-0.15, -0.1) is 11.3 Å². The van der Waals surface area contributed by atoms with Crippen LogP contribution in [0.5, 0.6) is 0 Å². The fraction of sp³-hybridized carbons (Fsp3) is 0.429. The number of nitrogens with one attached hydrogen (secondary N) is 1. The zero-order valence-corrected chi connectivity index (χ0v) is 13.8. The first-order chi connectivity index (χ1) is 9.78. The van der Waals surface area contributed by atoms with Gasteiger partial charge in [0.15, 0.2) is 0 Å². The molecule has 20 heavy (non-hydrogen) atoms. The number of nitrogens with zero attached hydrogens (tertiary/aromatic N) is 3. The normalized spacial score (nSPS) is 14.2. The Labute approximate surface area is 131 Å². The Kier molecular flexibility index (Phi) is 4.21. The van der Waals surface area contributed by atoms with Crippen molar-refractivity contribution < 1.29 is 0 Å². The molecule has 6 heteroatoms. The molecular weight excluding hydrogens is 336 g/mol. The van der Waals surface area contributed by atoms with Gasteiger partial charge in [-0.2, -0.15) is 4.98 Å². The molecular formula is C14H17BrN4S. The van der Waals surface area contributed by atoms with Crippen molar-refractivity contribution >= 4 is 39.0 Å². The predicted molar refractivity (Wildman–Crippen MR) is 87.6 cm³/mol. The van der Waals surface area contributed by atoms with Crippen LogP contribution < -0.4 is 10.2 Å². The third-order valence-corrected chi connectivity index (χ3v) is 4.95. The maximum atomic E-state index is 4.65. The minimum absolute atomic E-state index is 0.709. The van der Waals surface area contributed by atoms with E-state index in [0.29, 0.717) is 5.95 Å². The molecule has 4 nitrogen and oxygen atoms in total. The first-order valence-electron chi connectivity index (χ1n) is 6.84. The summed E-state index contributed by atoms with van der Waals surface area (Å²) in [6.45, 7) is 4.98. The summed E-state index contributed by atoms with van der Waals surface area (Å²) >= 11 is 5.43. The highest BCUT2D eigenvalue weighted by Gasteiger charge is 2.20. The van der Waals surface area contributed by atoms with Gasteiger partial charge in [0.25, 0.3) is 0 Å². The Morgan fingerprint density at radius 3 is 3.25 bits per heavy atom. The van der Waals surface area contributed by atoms with Crippen LogP contribution in [0, 0.1) is 0 Å². The quantitative estimate of drug-likeness (QED) is 0.910. The lowest BCUT2D eigenvalue weighted by atomic mass is 10.1. The van der Waals surface area contributed by atoms with Crippen LogP contribution >= 0.6 is 27.3 Å². The summed E-state index contributed by atoms with van der Waals surface area (Å²) in [6, 6.07) is 2.22. The van der Waals surface area contributed by atoms with Crippen LogP contribution in [0.25, 0.3) is 0 Å². The SMILES string of the molecule is CCCNc1ncc(Br)c(N2CCc3sccc3C2)n1. The number of aromatic nitrogens is 2. The second-order valence-electron chi connectivity index (χ2n) is 4.83. The van der Waals surface area contributed by atoms with Crippen LogP contribution in [-0.2, 0) is 13.0 Å². The number of halogens is 1. The van der Waals surface area contributed by atoms with Gasteiger partial charge in [0.1, 0.15) is 5.82 Å². The Bertz CT molecular complexity index is 599. The topological polar surface area (TPSA) is 41.1 Å². The maximum absolute atomic E-state index is 4.65. The van der Waals surface area contributed by atoms with Crippen LogP contribution in [-0.4, -0.2) is 23.1 Å². The van der Waals surface area contributed by atoms with Gasteiger partial charge in [-0.25, -0.2) is 4.98 Å². The highest BCUT2D eigenvalue weighted by molar-refractivity contribution is 9.10. The number of fused-ring (bicyclic) bond motifs is 1. The second kappa shape index (κ2) is 6.10. The third kappa shape index (κ3) is 2.81. The fourth-order valence-electron chi connectivity index (χ4n) is 2.33. The third-order valence-electron chi connectivity index (χ3n) is 3.37. The highest BCUT2D eigenvalue weighted by Crippen LogP contribution is 2.31. The average molecular weight is 353 g/mol. The molecule has 0 aromatic carbocycles. The Morgan fingerprint density at radius 1 is 1.50 bits per heavy atom. The summed E-state index contributed by atoms with van der Waals surface area (Å²) < 4.78 is 0.957. The van der Waals surface area contributed by atoms with Crippen molar-refractivity contribution in [1.29, 1.82) is 0 Å². The van der Waals surface area contributed by atoms with Crippen LogP contribution in [0.3, 0.4) is 0 Å². The van der Waals surface area contributed by atoms with Crippen molar-refractivity contribution in [3.63, 3.8) is 0 Å². The number of hydrogen-bond donors (Lipinski definition) is 1. The predicted octanol–water partition coefficient (Wildman–Crippen LogP) is 3.69. The van der Waals surface area contributed by atoms with E-state index in [1.165, 1.54) is 10.4 Å². The summed E-state index contributed by atoms with van der Waals surface area (Å²) in [5, 5.41) is 5.43. The lowest BCUT2D eigenvalue weighted by Gasteiger charge is -2.28. The minimum atomic E-state index is 0.709. The molecule has 0 fully saturated rings. The summed E-state index contributed by atoms with van der Waals surface area (Å²) in [6.07, 6.45) is 4.00. The lowest BCUT2D eigenvalue weighted by Crippen LogP contribution is -2.30. The van der Waals surface area contributed by atoms with Crippen molar-refractivity contribution in [2.75, 3.05) is 23.3 Å². The molecule has 0 saturated heterocycles. The van der Waals surface area contributed by atoms with E-state index in [1.54, 1.807) is 0 Å². The zero-order valence-electron chi connectivity index (χ0n) is 11.4. The second-order valence-corrected chi connectivity index (χ2v) is 6.69. The molecule has 2 aromatic rings. The zero-order chi connectivity index (χ0) is 13.9. The Hall–Kier alpha value is -1.14. The fourth-order valence-corrected chi connectivity index (χ4v) is 3.66. The van der Waals surface area contributed by atoms with Crippen LogP contribution in [0.15, 0.2) is 22.1 Å². The van der Waals surface area contributed by atoms with E-state index in [0.717, 1.165) is 42.8 Å². The molecule has 0 saturated carbocycles. The smallest absolute Gasteiger partial charge is 0.224 e. The molecule has 0 amide bonds. The molecule has 0 atom stereocenters. The van der Waals surface area contributed by atoms with Crippen molar-refractivity contribution in [1.82, 2.24) is 9.97 Å². The lowest BCUT2D eigenvalue weighted by molar-refractivity contribution is 0.728. The van der Waals surface area contributed by atoms with Gasteiger partial charge in [0.2, 0.25) is 5.95 Å². The van der Waals surface area contributed by atoms with Crippen molar-refractivity contribution in [2.24, 2.45) is 0 Å². The average Bonchev–Trinajstić information content (AvgIpc) is 2.93. The maximum Gasteiger partial charge on any atom is 0.224 e. The molecule has 106 valence electrons. The van der Waals surface area contributed by atoms with E-state index in [-0.39, 0.29) is 0 Å². The molecule has 1 aliphatic heterocycles. The van der Waals surface area contributed by atoms with E-state index >= 15 is 0 Å². The standard InChI is InChI=1S/C14H17BrN4S/c1-2-5-16-14-17-8-11(15)13(18-14)19-6-3-12-10(9-19)4-7-20-12/h4,7-8H,2-3,5-6,9H2,1H3,(H,16,17,18). The molecule has 1 aliphatic rings. The molecule has 3 heterocycles. The number of rotatable bonds is 4. The summed E-state index contributed by atoms with van der Waals surface area (Å²) in [7, 11) is 0. The van der Waals surface area contributed by atoms with Gasteiger partial charge in [-0.1, -0.05) is 6.92 Å². The van der Waals surface area contributed by atoms with E-state index in [1.807, 2.05) is 17.5 Å². The molecule has 0 unspecified atom stereocenters. The first kappa shape index (κ1) is 13.8. The highest BCUT2D eigenvalue weighted by atomic mass is 79.9. The Morgan fingerprint density at radius 2 is 2.40 bits per heavy atom. The van der Waals surface area contributed by atoms with Crippen molar-refractivity contribution in [3.8, 4) is 0 Å². The van der Waals surface area contributed by atoms with Gasteiger partial charge in [0.05, 0.1) is 4.47 Å². The van der Waals surface area contributed by atoms with Crippen LogP contribution in [0.2, 0.25) is 0 Å². The molecule has 0 aliphatic carbocycles. The molecule has 0 bridgehead atoms. The molecule has 2 aromatic heterocycles. The largest absolute Gasteiger partial charge is 0.354 e. The summed E-state index contributed by atoms with van der Waals surface area (Å²) in [5.41, 5.74) is 1.43. The minimum Gasteiger partial charge on any atom is -0.354 e. The van der Waals surface area contributed by atoms with Crippen molar-refractivity contribution in [2.45, 2.75) is 26.3 Å². The molecule has 3 rings (SSSR count). The number of thiophene rings is 1. The van der Waals surface area contributed by atoms with E-state index in [9.17, 15) is 0 Å². The van der Waals surface area contributed by atoms with E-state index in [2.05, 4.69) is 54.5 Å². The van der Waals surface area contributed by atoms with E-state index in [4.69, 9.17) is 0 Å². The number of anilines is 2. The monoisotopic (exact) mass is 352 g/mol. The summed E-state index contributed by atoms with van der Waals surface area (Å²) in [4.78, 5) is 12.8. The number of hydrogen-bond acceptors (Lipinski definition) is 5. The molecule has 1 N–H and O–H groups in total. The van der Waals surface area contributed by atoms with Crippen LogP contribution in [0.4, 0.5) is 11.8 Å². The van der Waals surface area contributed by atoms with Gasteiger partial charge >= 0.3 is 0 Å². The van der Waals surface area contributed by atoms with Gasteiger partial charge in [-0.05, 0) is 45.8 Å². The van der Waals surface area contributed by atoms with E-state index < -0.39 is 0 Å². The first-order valence-corrected chi connectivity index (χ1v) is 8.51. The Balaban J connectivity index is 1.83. The molecule has 0 radical (unpaired) electrons. The van der Waals surface area contributed by atoms with Crippen LogP contribution in [0.1, 0.15) is 23.8 Å².